The van der Waals surface area contributed by atoms with E-state index in [0.717, 1.165) is 40.8 Å². The van der Waals surface area contributed by atoms with Gasteiger partial charge in [-0.1, -0.05) is 28.1 Å². The van der Waals surface area contributed by atoms with Crippen molar-refractivity contribution in [2.45, 2.75) is 19.1 Å². The molecule has 0 amide bonds. The molecular formula is C16H19BrN2O2. The highest BCUT2D eigenvalue weighted by molar-refractivity contribution is 9.09. The van der Waals surface area contributed by atoms with Crippen LogP contribution in [0.3, 0.4) is 0 Å². The van der Waals surface area contributed by atoms with Crippen LogP contribution in [0.25, 0.3) is 10.8 Å². The molecule has 5 heteroatoms. The molecule has 0 spiro atoms. The van der Waals surface area contributed by atoms with E-state index < -0.39 is 0 Å². The smallest absolute Gasteiger partial charge is 0.136 e. The Balaban J connectivity index is 2.04. The van der Waals surface area contributed by atoms with Gasteiger partial charge in [0.1, 0.15) is 11.6 Å². The number of ether oxygens (including phenoxy) is 2. The fourth-order valence-electron chi connectivity index (χ4n) is 2.90. The minimum atomic E-state index is 0.191. The molecule has 0 saturated carbocycles. The van der Waals surface area contributed by atoms with Crippen molar-refractivity contribution >= 4 is 32.5 Å². The lowest BCUT2D eigenvalue weighted by molar-refractivity contribution is -0.00213. The Morgan fingerprint density at radius 3 is 2.95 bits per heavy atom. The van der Waals surface area contributed by atoms with Crippen molar-refractivity contribution in [3.05, 3.63) is 30.5 Å². The van der Waals surface area contributed by atoms with E-state index in [9.17, 15) is 0 Å². The zero-order valence-corrected chi connectivity index (χ0v) is 13.8. The van der Waals surface area contributed by atoms with E-state index in [1.165, 1.54) is 0 Å². The fraction of sp³-hybridized carbons (Fsp3) is 0.438. The number of anilines is 1. The van der Waals surface area contributed by atoms with Gasteiger partial charge in [-0.3, -0.25) is 0 Å². The van der Waals surface area contributed by atoms with Crippen molar-refractivity contribution in [1.82, 2.24) is 4.98 Å². The Labute approximate surface area is 133 Å². The first-order valence-corrected chi connectivity index (χ1v) is 8.23. The van der Waals surface area contributed by atoms with Crippen LogP contribution in [0.5, 0.6) is 5.75 Å². The summed E-state index contributed by atoms with van der Waals surface area (Å²) in [6.07, 6.45) is 2.24. The second-order valence-corrected chi connectivity index (χ2v) is 5.97. The van der Waals surface area contributed by atoms with E-state index in [1.807, 2.05) is 24.4 Å². The topological polar surface area (TPSA) is 34.6 Å². The number of benzene rings is 1. The quantitative estimate of drug-likeness (QED) is 0.796. The third-order valence-corrected chi connectivity index (χ3v) is 4.49. The summed E-state index contributed by atoms with van der Waals surface area (Å²) in [4.78, 5) is 6.92. The van der Waals surface area contributed by atoms with Crippen molar-refractivity contribution in [3.8, 4) is 5.75 Å². The summed E-state index contributed by atoms with van der Waals surface area (Å²) in [5, 5.41) is 3.06. The number of aromatic nitrogens is 1. The van der Waals surface area contributed by atoms with Gasteiger partial charge >= 0.3 is 0 Å². The molecule has 112 valence electrons. The summed E-state index contributed by atoms with van der Waals surface area (Å²) >= 11 is 3.52. The van der Waals surface area contributed by atoms with Gasteiger partial charge in [0, 0.05) is 35.4 Å². The Kier molecular flexibility index (Phi) is 4.31. The molecule has 2 unspecified atom stereocenters. The average Bonchev–Trinajstić information content (AvgIpc) is 2.53. The second-order valence-electron chi connectivity index (χ2n) is 5.32. The number of hydrogen-bond donors (Lipinski definition) is 0. The van der Waals surface area contributed by atoms with Crippen LogP contribution in [0.4, 0.5) is 5.82 Å². The monoisotopic (exact) mass is 350 g/mol. The molecule has 0 bridgehead atoms. The van der Waals surface area contributed by atoms with E-state index >= 15 is 0 Å². The lowest BCUT2D eigenvalue weighted by Gasteiger charge is -2.37. The van der Waals surface area contributed by atoms with E-state index in [1.54, 1.807) is 7.11 Å². The molecule has 2 aromatic rings. The number of morpholine rings is 1. The molecule has 1 fully saturated rings. The molecule has 21 heavy (non-hydrogen) atoms. The first kappa shape index (κ1) is 14.6. The molecule has 1 saturated heterocycles. The molecule has 1 aliphatic heterocycles. The highest BCUT2D eigenvalue weighted by Crippen LogP contribution is 2.32. The second kappa shape index (κ2) is 6.20. The maximum absolute atomic E-state index is 5.90. The van der Waals surface area contributed by atoms with Crippen LogP contribution in [0.15, 0.2) is 30.5 Å². The lowest BCUT2D eigenvalue weighted by atomic mass is 10.1. The summed E-state index contributed by atoms with van der Waals surface area (Å²) in [5.74, 6) is 1.89. The Bertz CT molecular complexity index is 635. The van der Waals surface area contributed by atoms with Crippen molar-refractivity contribution in [1.29, 1.82) is 0 Å². The average molecular weight is 351 g/mol. The standard InChI is InChI=1S/C16H19BrN2O2/c1-11-9-19(10-12(8-17)21-11)16-14-4-3-5-15(20-2)13(14)6-7-18-16/h3-7,11-12H,8-10H2,1-2H3. The lowest BCUT2D eigenvalue weighted by Crippen LogP contribution is -2.47. The number of fused-ring (bicyclic) bond motifs is 1. The highest BCUT2D eigenvalue weighted by Gasteiger charge is 2.26. The maximum atomic E-state index is 5.90. The number of pyridine rings is 1. The molecule has 4 nitrogen and oxygen atoms in total. The van der Waals surface area contributed by atoms with Gasteiger partial charge in [-0.15, -0.1) is 0 Å². The van der Waals surface area contributed by atoms with Crippen molar-refractivity contribution in [3.63, 3.8) is 0 Å². The summed E-state index contributed by atoms with van der Waals surface area (Å²) in [5.41, 5.74) is 0. The molecule has 2 atom stereocenters. The molecule has 1 aliphatic rings. The number of rotatable bonds is 3. The first-order chi connectivity index (χ1) is 10.2. The van der Waals surface area contributed by atoms with Crippen LogP contribution in [-0.4, -0.2) is 42.7 Å². The van der Waals surface area contributed by atoms with Gasteiger partial charge in [0.15, 0.2) is 0 Å². The van der Waals surface area contributed by atoms with Gasteiger partial charge in [0.25, 0.3) is 0 Å². The first-order valence-electron chi connectivity index (χ1n) is 7.11. The summed E-state index contributed by atoms with van der Waals surface area (Å²) in [6, 6.07) is 8.10. The molecule has 0 N–H and O–H groups in total. The zero-order chi connectivity index (χ0) is 14.8. The number of nitrogens with zero attached hydrogens (tertiary/aromatic N) is 2. The predicted octanol–water partition coefficient (Wildman–Crippen LogP) is 3.23. The Hall–Kier alpha value is -1.33. The summed E-state index contributed by atoms with van der Waals surface area (Å²) in [7, 11) is 1.70. The van der Waals surface area contributed by atoms with Crippen LogP contribution < -0.4 is 9.64 Å². The van der Waals surface area contributed by atoms with E-state index in [4.69, 9.17) is 9.47 Å². The molecule has 2 heterocycles. The van der Waals surface area contributed by atoms with Crippen LogP contribution >= 0.6 is 15.9 Å². The Morgan fingerprint density at radius 1 is 1.33 bits per heavy atom. The van der Waals surface area contributed by atoms with Crippen LogP contribution in [0, 0.1) is 0 Å². The summed E-state index contributed by atoms with van der Waals surface area (Å²) < 4.78 is 11.4. The third kappa shape index (κ3) is 2.85. The van der Waals surface area contributed by atoms with E-state index in [2.05, 4.69) is 38.8 Å². The van der Waals surface area contributed by atoms with Crippen molar-refractivity contribution in [2.75, 3.05) is 30.4 Å². The minimum Gasteiger partial charge on any atom is -0.496 e. The number of halogens is 1. The molecule has 0 aliphatic carbocycles. The maximum Gasteiger partial charge on any atom is 0.136 e. The van der Waals surface area contributed by atoms with Crippen molar-refractivity contribution in [2.24, 2.45) is 0 Å². The molecule has 1 aromatic heterocycles. The van der Waals surface area contributed by atoms with Crippen LogP contribution in [0.2, 0.25) is 0 Å². The van der Waals surface area contributed by atoms with Gasteiger partial charge in [0.05, 0.1) is 19.3 Å². The Morgan fingerprint density at radius 2 is 2.19 bits per heavy atom. The number of hydrogen-bond acceptors (Lipinski definition) is 4. The van der Waals surface area contributed by atoms with Gasteiger partial charge in [-0.05, 0) is 19.1 Å². The number of alkyl halides is 1. The molecule has 1 aromatic carbocycles. The molecular weight excluding hydrogens is 332 g/mol. The predicted molar refractivity (Wildman–Crippen MR) is 88.6 cm³/mol. The fourth-order valence-corrected chi connectivity index (χ4v) is 3.25. The SMILES string of the molecule is COc1cccc2c(N3CC(C)OC(CBr)C3)nccc12. The third-order valence-electron chi connectivity index (χ3n) is 3.76. The van der Waals surface area contributed by atoms with Crippen molar-refractivity contribution < 1.29 is 9.47 Å². The highest BCUT2D eigenvalue weighted by atomic mass is 79.9. The van der Waals surface area contributed by atoms with Gasteiger partial charge < -0.3 is 14.4 Å². The largest absolute Gasteiger partial charge is 0.496 e. The molecule has 3 rings (SSSR count). The van der Waals surface area contributed by atoms with Crippen LogP contribution in [0.1, 0.15) is 6.92 Å². The summed E-state index contributed by atoms with van der Waals surface area (Å²) in [6.45, 7) is 3.80. The van der Waals surface area contributed by atoms with Gasteiger partial charge in [-0.2, -0.15) is 0 Å². The number of methoxy groups -OCH3 is 1. The normalized spacial score (nSPS) is 22.5. The van der Waals surface area contributed by atoms with Crippen LogP contribution in [-0.2, 0) is 4.74 Å². The van der Waals surface area contributed by atoms with Gasteiger partial charge in [0.2, 0.25) is 0 Å². The molecule has 0 radical (unpaired) electrons. The van der Waals surface area contributed by atoms with E-state index in [0.29, 0.717) is 0 Å². The zero-order valence-electron chi connectivity index (χ0n) is 12.3. The van der Waals surface area contributed by atoms with E-state index in [-0.39, 0.29) is 12.2 Å². The van der Waals surface area contributed by atoms with Gasteiger partial charge in [-0.25, -0.2) is 4.98 Å². The minimum absolute atomic E-state index is 0.191.